The van der Waals surface area contributed by atoms with E-state index in [1.165, 1.54) is 51.4 Å². The molecule has 0 saturated heterocycles. The van der Waals surface area contributed by atoms with Crippen molar-refractivity contribution in [1.82, 2.24) is 0 Å². The second-order valence-corrected chi connectivity index (χ2v) is 27.9. The lowest BCUT2D eigenvalue weighted by molar-refractivity contribution is -0.161. The summed E-state index contributed by atoms with van der Waals surface area (Å²) >= 11 is 0. The number of esters is 3. The minimum Gasteiger partial charge on any atom is -0.463 e. The number of ether oxygens (including phenoxy) is 3. The standard InChI is InChI=1S/C81H136O16P2/c1-4-7-10-13-16-19-22-25-28-30-32-33-34-35-36-37-38-39-40-41-43-45-47-49-52-55-58-61-64-67-79(84)91-70-76(82)71-93-98(87,88)94-72-77(83)73-95-99(89,90)96-75-78(97-81(86)69-66-63-60-57-54-51-46-27-24-21-18-15-12-9-6-3)74-92-80(85)68-65-62-59-56-53-50-48-44-42-31-29-26-23-20-17-14-11-8-5-2/h7-8,10-11,16-21,25-29,32-33,35-36,38-39,42,44,46,76-78,82-83H,4-6,9,12-15,22-24,30-31,34,37,40-41,43,45,47-75H2,1-3H3,(H,87,88)(H,89,90)/b10-7-,11-8-,19-16-,20-17-,21-18-,28-25-,29-26-,33-32-,36-35-,39-38-,44-42-,46-27-. The maximum absolute atomic E-state index is 12.9. The van der Waals surface area contributed by atoms with Crippen LogP contribution in [0.5, 0.6) is 0 Å². The first-order valence-electron chi connectivity index (χ1n) is 38.1. The zero-order valence-corrected chi connectivity index (χ0v) is 63.4. The van der Waals surface area contributed by atoms with Gasteiger partial charge < -0.3 is 34.2 Å². The van der Waals surface area contributed by atoms with Gasteiger partial charge in [-0.3, -0.25) is 32.5 Å². The van der Waals surface area contributed by atoms with E-state index in [0.717, 1.165) is 180 Å². The summed E-state index contributed by atoms with van der Waals surface area (Å²) in [5, 5.41) is 20.6. The minimum absolute atomic E-state index is 0.0819. The van der Waals surface area contributed by atoms with Crippen LogP contribution in [0.2, 0.25) is 0 Å². The van der Waals surface area contributed by atoms with E-state index >= 15 is 0 Å². The van der Waals surface area contributed by atoms with E-state index in [4.69, 9.17) is 32.3 Å². The van der Waals surface area contributed by atoms with Gasteiger partial charge >= 0.3 is 33.6 Å². The Labute approximate surface area is 600 Å². The number of hydrogen-bond acceptors (Lipinski definition) is 14. The second-order valence-electron chi connectivity index (χ2n) is 25.0. The number of aliphatic hydroxyl groups excluding tert-OH is 2. The zero-order chi connectivity index (χ0) is 72.3. The third-order valence-electron chi connectivity index (χ3n) is 15.5. The van der Waals surface area contributed by atoms with Gasteiger partial charge in [-0.25, -0.2) is 9.13 Å². The highest BCUT2D eigenvalue weighted by molar-refractivity contribution is 7.47. The Bertz CT molecular complexity index is 2380. The normalized spacial score (nSPS) is 14.9. The molecule has 0 aromatic heterocycles. The number of phosphoric acid groups is 2. The van der Waals surface area contributed by atoms with Crippen molar-refractivity contribution in [1.29, 1.82) is 0 Å². The van der Waals surface area contributed by atoms with Crippen LogP contribution < -0.4 is 0 Å². The fraction of sp³-hybridized carbons (Fsp3) is 0.667. The van der Waals surface area contributed by atoms with Crippen molar-refractivity contribution in [3.8, 4) is 0 Å². The summed E-state index contributed by atoms with van der Waals surface area (Å²) in [6, 6.07) is 0. The predicted molar refractivity (Wildman–Crippen MR) is 408 cm³/mol. The molecule has 18 heteroatoms. The number of carbonyl (C=O) groups excluding carboxylic acids is 3. The molecule has 0 aliphatic carbocycles. The molecule has 0 spiro atoms. The van der Waals surface area contributed by atoms with Crippen molar-refractivity contribution in [3.05, 3.63) is 146 Å². The van der Waals surface area contributed by atoms with Crippen LogP contribution in [-0.4, -0.2) is 95.9 Å². The molecule has 5 atom stereocenters. The van der Waals surface area contributed by atoms with Crippen molar-refractivity contribution < 1.29 is 75.8 Å². The smallest absolute Gasteiger partial charge is 0.463 e. The van der Waals surface area contributed by atoms with Crippen LogP contribution >= 0.6 is 15.6 Å². The van der Waals surface area contributed by atoms with Gasteiger partial charge in [0.1, 0.15) is 25.4 Å². The largest absolute Gasteiger partial charge is 0.472 e. The number of unbranched alkanes of at least 4 members (excludes halogenated alkanes) is 24. The van der Waals surface area contributed by atoms with Gasteiger partial charge in [0.2, 0.25) is 0 Å². The molecule has 0 saturated carbocycles. The third kappa shape index (κ3) is 74.4. The lowest BCUT2D eigenvalue weighted by Crippen LogP contribution is -2.30. The average Bonchev–Trinajstić information content (AvgIpc) is 1.73. The lowest BCUT2D eigenvalue weighted by Gasteiger charge is -2.21. The molecule has 0 aliphatic rings. The highest BCUT2D eigenvalue weighted by Crippen LogP contribution is 2.45. The molecule has 99 heavy (non-hydrogen) atoms. The summed E-state index contributed by atoms with van der Waals surface area (Å²) in [7, 11) is -9.80. The Morgan fingerprint density at radius 3 is 0.848 bits per heavy atom. The van der Waals surface area contributed by atoms with Gasteiger partial charge in [0.05, 0.1) is 26.4 Å². The first-order chi connectivity index (χ1) is 48.2. The number of phosphoric ester groups is 2. The van der Waals surface area contributed by atoms with Gasteiger partial charge in [-0.05, 0) is 141 Å². The van der Waals surface area contributed by atoms with Crippen molar-refractivity contribution in [2.45, 2.75) is 309 Å². The molecule has 566 valence electrons. The number of allylic oxidation sites excluding steroid dienone is 24. The van der Waals surface area contributed by atoms with E-state index < -0.39 is 91.5 Å². The fourth-order valence-electron chi connectivity index (χ4n) is 9.77. The Morgan fingerprint density at radius 1 is 0.293 bits per heavy atom. The predicted octanol–water partition coefficient (Wildman–Crippen LogP) is 22.1. The van der Waals surface area contributed by atoms with Crippen LogP contribution in [0.25, 0.3) is 0 Å². The summed E-state index contributed by atoms with van der Waals surface area (Å²) in [5.74, 6) is -1.61. The van der Waals surface area contributed by atoms with Gasteiger partial charge in [0.25, 0.3) is 0 Å². The van der Waals surface area contributed by atoms with Crippen LogP contribution in [0.1, 0.15) is 290 Å². The van der Waals surface area contributed by atoms with Crippen molar-refractivity contribution in [2.75, 3.05) is 39.6 Å². The monoisotopic (exact) mass is 1430 g/mol. The van der Waals surface area contributed by atoms with Gasteiger partial charge in [-0.1, -0.05) is 276 Å². The lowest BCUT2D eigenvalue weighted by atomic mass is 10.1. The van der Waals surface area contributed by atoms with Crippen LogP contribution in [-0.2, 0) is 55.8 Å². The maximum atomic E-state index is 12.9. The summed E-state index contributed by atoms with van der Waals surface area (Å²) in [5.41, 5.74) is 0. The Morgan fingerprint density at radius 2 is 0.535 bits per heavy atom. The first-order valence-corrected chi connectivity index (χ1v) is 41.1. The number of carbonyl (C=O) groups is 3. The topological polar surface area (TPSA) is 231 Å². The van der Waals surface area contributed by atoms with Crippen LogP contribution in [0.15, 0.2) is 146 Å². The van der Waals surface area contributed by atoms with Crippen LogP contribution in [0.4, 0.5) is 0 Å². The van der Waals surface area contributed by atoms with Crippen molar-refractivity contribution >= 4 is 33.6 Å². The first kappa shape index (κ1) is 94.4. The Hall–Kier alpha value is -4.57. The van der Waals surface area contributed by atoms with E-state index in [1.807, 2.05) is 0 Å². The molecule has 5 unspecified atom stereocenters. The molecule has 16 nitrogen and oxygen atoms in total. The third-order valence-corrected chi connectivity index (χ3v) is 17.4. The zero-order valence-electron chi connectivity index (χ0n) is 61.6. The number of aliphatic hydroxyl groups is 2. The average molecular weight is 1430 g/mol. The van der Waals surface area contributed by atoms with Crippen LogP contribution in [0, 0.1) is 0 Å². The Kier molecular flexibility index (Phi) is 69.8. The SMILES string of the molecule is CC/C=C\C/C=C\C/C=C\C/C=C\C/C=C\C/C=C\CCCCCCCCCCCCC(=O)OCC(O)COP(=O)(O)OCC(O)COP(=O)(O)OCC(COC(=O)CCCCCCCC/C=C\C/C=C\C/C=C\C/C=C\CC)OC(=O)CCCCCCC/C=C\C/C=C\CCCCC. The number of rotatable bonds is 71. The molecule has 0 fully saturated rings. The molecule has 0 radical (unpaired) electrons. The van der Waals surface area contributed by atoms with Gasteiger partial charge in [0, 0.05) is 19.3 Å². The molecule has 0 aliphatic heterocycles. The maximum Gasteiger partial charge on any atom is 0.472 e. The summed E-state index contributed by atoms with van der Waals surface area (Å²) in [6.45, 7) is 2.38. The highest BCUT2D eigenvalue weighted by Gasteiger charge is 2.29. The quantitative estimate of drug-likeness (QED) is 0.0146. The van der Waals surface area contributed by atoms with Crippen molar-refractivity contribution in [2.24, 2.45) is 0 Å². The molecule has 0 aromatic rings. The van der Waals surface area contributed by atoms with E-state index in [9.17, 15) is 43.5 Å². The molecule has 0 heterocycles. The number of hydrogen-bond donors (Lipinski definition) is 4. The molecule has 0 amide bonds. The summed E-state index contributed by atoms with van der Waals surface area (Å²) in [4.78, 5) is 58.6. The second kappa shape index (κ2) is 73.2. The van der Waals surface area contributed by atoms with E-state index in [1.54, 1.807) is 0 Å². The fourth-order valence-corrected chi connectivity index (χ4v) is 11.4. The van der Waals surface area contributed by atoms with Crippen LogP contribution in [0.3, 0.4) is 0 Å². The molecule has 0 bridgehead atoms. The van der Waals surface area contributed by atoms with Crippen molar-refractivity contribution in [3.63, 3.8) is 0 Å². The van der Waals surface area contributed by atoms with E-state index in [-0.39, 0.29) is 19.3 Å². The molecule has 4 N–H and O–H groups in total. The molecular formula is C81H136O16P2. The highest BCUT2D eigenvalue weighted by atomic mass is 31.2. The summed E-state index contributed by atoms with van der Waals surface area (Å²) < 4.78 is 61.1. The van der Waals surface area contributed by atoms with Gasteiger partial charge in [-0.2, -0.15) is 0 Å². The van der Waals surface area contributed by atoms with E-state index in [0.29, 0.717) is 19.3 Å². The van der Waals surface area contributed by atoms with E-state index in [2.05, 4.69) is 167 Å². The Balaban J connectivity index is 4.56. The minimum atomic E-state index is -4.94. The molecule has 0 rings (SSSR count). The van der Waals surface area contributed by atoms with Gasteiger partial charge in [0.15, 0.2) is 6.10 Å². The molecule has 0 aromatic carbocycles. The molecular weight excluding hydrogens is 1290 g/mol. The summed E-state index contributed by atoms with van der Waals surface area (Å²) in [6.07, 6.45) is 88.9. The van der Waals surface area contributed by atoms with Gasteiger partial charge in [-0.15, -0.1) is 0 Å².